The molecule has 22 heavy (non-hydrogen) atoms. The molecular weight excluding hydrogens is 318 g/mol. The number of benzene rings is 1. The number of halogens is 1. The maximum atomic E-state index is 6.00. The Morgan fingerprint density at radius 2 is 2.27 bits per heavy atom. The van der Waals surface area contributed by atoms with Crippen LogP contribution in [0.3, 0.4) is 0 Å². The second-order valence-electron chi connectivity index (χ2n) is 4.76. The van der Waals surface area contributed by atoms with E-state index in [1.54, 1.807) is 18.4 Å². The molecule has 1 aromatic carbocycles. The monoisotopic (exact) mass is 337 g/mol. The van der Waals surface area contributed by atoms with Gasteiger partial charge in [-0.3, -0.25) is 4.99 Å². The van der Waals surface area contributed by atoms with E-state index in [2.05, 4.69) is 21.8 Å². The third-order valence-electron chi connectivity index (χ3n) is 3.19. The average molecular weight is 338 g/mol. The van der Waals surface area contributed by atoms with E-state index >= 15 is 0 Å². The van der Waals surface area contributed by atoms with E-state index in [4.69, 9.17) is 22.1 Å². The lowest BCUT2D eigenvalue weighted by molar-refractivity contribution is 0.111. The molecule has 0 saturated heterocycles. The Bertz CT molecular complexity index is 601. The Labute approximate surface area is 140 Å². The largest absolute Gasteiger partial charge is 0.375 e. The van der Waals surface area contributed by atoms with E-state index in [-0.39, 0.29) is 6.10 Å². The van der Waals surface area contributed by atoms with Crippen molar-refractivity contribution in [2.45, 2.75) is 12.5 Å². The Morgan fingerprint density at radius 1 is 1.41 bits per heavy atom. The van der Waals surface area contributed by atoms with Crippen LogP contribution >= 0.6 is 22.9 Å². The summed E-state index contributed by atoms with van der Waals surface area (Å²) in [6.07, 6.45) is 0.784. The van der Waals surface area contributed by atoms with E-state index in [0.717, 1.165) is 18.5 Å². The molecule has 0 fully saturated rings. The molecule has 2 rings (SSSR count). The van der Waals surface area contributed by atoms with Gasteiger partial charge in [0.1, 0.15) is 6.10 Å². The molecule has 4 nitrogen and oxygen atoms in total. The molecule has 1 atom stereocenters. The summed E-state index contributed by atoms with van der Waals surface area (Å²) in [5, 5.41) is 5.87. The number of methoxy groups -OCH3 is 1. The second kappa shape index (κ2) is 8.78. The van der Waals surface area contributed by atoms with Gasteiger partial charge in [0.2, 0.25) is 0 Å². The highest BCUT2D eigenvalue weighted by Gasteiger charge is 2.10. The summed E-state index contributed by atoms with van der Waals surface area (Å²) in [4.78, 5) is 5.67. The Hall–Kier alpha value is -1.56. The predicted octanol–water partition coefficient (Wildman–Crippen LogP) is 3.24. The first-order valence-electron chi connectivity index (χ1n) is 7.03. The summed E-state index contributed by atoms with van der Waals surface area (Å²) in [5.41, 5.74) is 6.88. The van der Waals surface area contributed by atoms with Gasteiger partial charge in [-0.25, -0.2) is 0 Å². The lowest BCUT2D eigenvalue weighted by Crippen LogP contribution is -2.33. The minimum atomic E-state index is -0.156. The summed E-state index contributed by atoms with van der Waals surface area (Å²) in [6, 6.07) is 11.7. The minimum Gasteiger partial charge on any atom is -0.375 e. The van der Waals surface area contributed by atoms with Gasteiger partial charge in [-0.15, -0.1) is 11.3 Å². The maximum Gasteiger partial charge on any atom is 0.188 e. The van der Waals surface area contributed by atoms with Gasteiger partial charge >= 0.3 is 0 Å². The van der Waals surface area contributed by atoms with Gasteiger partial charge < -0.3 is 15.8 Å². The SMILES string of the molecule is COC(CN=C(N)NCCc1cccs1)c1cccc(Cl)c1. The van der Waals surface area contributed by atoms with Crippen molar-refractivity contribution in [3.63, 3.8) is 0 Å². The van der Waals surface area contributed by atoms with Crippen molar-refractivity contribution < 1.29 is 4.74 Å². The highest BCUT2D eigenvalue weighted by Crippen LogP contribution is 2.20. The molecular formula is C16H20ClN3OS. The molecule has 3 N–H and O–H groups in total. The fourth-order valence-electron chi connectivity index (χ4n) is 2.03. The van der Waals surface area contributed by atoms with Crippen LogP contribution in [0.4, 0.5) is 0 Å². The Kier molecular flexibility index (Phi) is 6.71. The molecule has 1 unspecified atom stereocenters. The minimum absolute atomic E-state index is 0.156. The summed E-state index contributed by atoms with van der Waals surface area (Å²) in [6.45, 7) is 1.22. The van der Waals surface area contributed by atoms with Gasteiger partial charge in [-0.05, 0) is 35.6 Å². The smallest absolute Gasteiger partial charge is 0.188 e. The van der Waals surface area contributed by atoms with Crippen LogP contribution in [0.25, 0.3) is 0 Å². The molecule has 0 radical (unpaired) electrons. The van der Waals surface area contributed by atoms with Gasteiger partial charge in [0.15, 0.2) is 5.96 Å². The predicted molar refractivity (Wildman–Crippen MR) is 93.7 cm³/mol. The first kappa shape index (κ1) is 16.8. The number of nitrogens with two attached hydrogens (primary N) is 1. The number of nitrogens with one attached hydrogen (secondary N) is 1. The van der Waals surface area contributed by atoms with Crippen LogP contribution in [-0.4, -0.2) is 26.2 Å². The van der Waals surface area contributed by atoms with E-state index in [0.29, 0.717) is 17.5 Å². The number of guanidine groups is 1. The Morgan fingerprint density at radius 3 is 2.95 bits per heavy atom. The van der Waals surface area contributed by atoms with Gasteiger partial charge in [0.25, 0.3) is 0 Å². The van der Waals surface area contributed by atoms with Gasteiger partial charge in [0, 0.05) is 23.6 Å². The van der Waals surface area contributed by atoms with Crippen molar-refractivity contribution in [3.8, 4) is 0 Å². The maximum absolute atomic E-state index is 6.00. The molecule has 0 aliphatic rings. The van der Waals surface area contributed by atoms with Crippen molar-refractivity contribution in [1.82, 2.24) is 5.32 Å². The number of ether oxygens (including phenoxy) is 1. The van der Waals surface area contributed by atoms with Crippen molar-refractivity contribution in [2.75, 3.05) is 20.2 Å². The topological polar surface area (TPSA) is 59.6 Å². The van der Waals surface area contributed by atoms with Crippen LogP contribution in [0, 0.1) is 0 Å². The standard InChI is InChI=1S/C16H20ClN3OS/c1-21-15(12-4-2-5-13(17)10-12)11-20-16(18)19-8-7-14-6-3-9-22-14/h2-6,9-10,15H,7-8,11H2,1H3,(H3,18,19,20). The van der Waals surface area contributed by atoms with Crippen LogP contribution in [-0.2, 0) is 11.2 Å². The quantitative estimate of drug-likeness (QED) is 0.602. The first-order chi connectivity index (χ1) is 10.7. The van der Waals surface area contributed by atoms with Gasteiger partial charge in [0.05, 0.1) is 6.54 Å². The molecule has 1 heterocycles. The molecule has 0 saturated carbocycles. The van der Waals surface area contributed by atoms with Crippen LogP contribution in [0.5, 0.6) is 0 Å². The average Bonchev–Trinajstić information content (AvgIpc) is 3.01. The fourth-order valence-corrected chi connectivity index (χ4v) is 2.94. The highest BCUT2D eigenvalue weighted by atomic mass is 35.5. The van der Waals surface area contributed by atoms with Crippen molar-refractivity contribution in [1.29, 1.82) is 0 Å². The van der Waals surface area contributed by atoms with E-state index in [1.165, 1.54) is 4.88 Å². The molecule has 0 bridgehead atoms. The van der Waals surface area contributed by atoms with E-state index in [9.17, 15) is 0 Å². The van der Waals surface area contributed by atoms with Crippen molar-refractivity contribution >= 4 is 28.9 Å². The zero-order valence-electron chi connectivity index (χ0n) is 12.5. The zero-order valence-corrected chi connectivity index (χ0v) is 14.0. The van der Waals surface area contributed by atoms with Crippen LogP contribution in [0.15, 0.2) is 46.8 Å². The van der Waals surface area contributed by atoms with Crippen LogP contribution in [0.2, 0.25) is 5.02 Å². The zero-order chi connectivity index (χ0) is 15.8. The molecule has 2 aromatic rings. The van der Waals surface area contributed by atoms with E-state index < -0.39 is 0 Å². The molecule has 0 aliphatic heterocycles. The molecule has 6 heteroatoms. The summed E-state index contributed by atoms with van der Waals surface area (Å²) in [7, 11) is 1.65. The number of thiophene rings is 1. The summed E-state index contributed by atoms with van der Waals surface area (Å²) < 4.78 is 5.46. The second-order valence-corrected chi connectivity index (χ2v) is 6.23. The summed E-state index contributed by atoms with van der Waals surface area (Å²) >= 11 is 7.74. The normalized spacial score (nSPS) is 13.1. The van der Waals surface area contributed by atoms with Crippen LogP contribution < -0.4 is 11.1 Å². The van der Waals surface area contributed by atoms with Crippen LogP contribution in [0.1, 0.15) is 16.5 Å². The number of aliphatic imine (C=N–C) groups is 1. The first-order valence-corrected chi connectivity index (χ1v) is 8.29. The highest BCUT2D eigenvalue weighted by molar-refractivity contribution is 7.09. The summed E-state index contributed by atoms with van der Waals surface area (Å²) in [5.74, 6) is 0.431. The lowest BCUT2D eigenvalue weighted by Gasteiger charge is -2.14. The number of rotatable bonds is 7. The number of hydrogen-bond donors (Lipinski definition) is 2. The van der Waals surface area contributed by atoms with Crippen molar-refractivity contribution in [3.05, 3.63) is 57.2 Å². The molecule has 0 aliphatic carbocycles. The molecule has 0 spiro atoms. The lowest BCUT2D eigenvalue weighted by atomic mass is 10.1. The molecule has 118 valence electrons. The van der Waals surface area contributed by atoms with E-state index in [1.807, 2.05) is 30.3 Å². The van der Waals surface area contributed by atoms with Crippen molar-refractivity contribution in [2.24, 2.45) is 10.7 Å². The molecule has 1 aromatic heterocycles. The number of nitrogens with zero attached hydrogens (tertiary/aromatic N) is 1. The molecule has 0 amide bonds. The van der Waals surface area contributed by atoms with Gasteiger partial charge in [-0.1, -0.05) is 29.8 Å². The Balaban J connectivity index is 1.82. The fraction of sp³-hybridized carbons (Fsp3) is 0.312. The van der Waals surface area contributed by atoms with Gasteiger partial charge in [-0.2, -0.15) is 0 Å². The third kappa shape index (κ3) is 5.33. The third-order valence-corrected chi connectivity index (χ3v) is 4.36. The number of hydrogen-bond acceptors (Lipinski definition) is 3.